The summed E-state index contributed by atoms with van der Waals surface area (Å²) in [6.45, 7) is 0. The fourth-order valence-electron chi connectivity index (χ4n) is 2.32. The number of nitrogens with zero attached hydrogens (tertiary/aromatic N) is 1. The van der Waals surface area contributed by atoms with Crippen LogP contribution in [0.25, 0.3) is 11.4 Å². The summed E-state index contributed by atoms with van der Waals surface area (Å²) in [6.07, 6.45) is 1.33. The second kappa shape index (κ2) is 3.87. The van der Waals surface area contributed by atoms with Crippen molar-refractivity contribution in [2.75, 3.05) is 0 Å². The number of aromatic amines is 1. The molecule has 0 saturated heterocycles. The molecule has 0 bridgehead atoms. The third-order valence-electron chi connectivity index (χ3n) is 3.26. The van der Waals surface area contributed by atoms with Crippen LogP contribution in [0.4, 0.5) is 0 Å². The standard InChI is InChI=1S/C13H12N2O3/c16-8-3-1-7(2-4-8)12-14-10-6-5-9(13(17)18)11(10)15-12/h1-4,9,16H,5-6H2,(H,14,15)(H,17,18). The molecule has 3 rings (SSSR count). The number of phenols is 1. The van der Waals surface area contributed by atoms with E-state index in [-0.39, 0.29) is 5.75 Å². The van der Waals surface area contributed by atoms with Crippen LogP contribution >= 0.6 is 0 Å². The van der Waals surface area contributed by atoms with Gasteiger partial charge in [-0.25, -0.2) is 4.98 Å². The van der Waals surface area contributed by atoms with Crippen molar-refractivity contribution in [2.45, 2.75) is 18.8 Å². The molecule has 5 nitrogen and oxygen atoms in total. The molecule has 1 heterocycles. The highest BCUT2D eigenvalue weighted by Gasteiger charge is 2.32. The van der Waals surface area contributed by atoms with Gasteiger partial charge < -0.3 is 15.2 Å². The van der Waals surface area contributed by atoms with E-state index in [0.29, 0.717) is 17.9 Å². The predicted octanol–water partition coefficient (Wildman–Crippen LogP) is 1.90. The van der Waals surface area contributed by atoms with Crippen LogP contribution in [0.5, 0.6) is 5.75 Å². The second-order valence-electron chi connectivity index (χ2n) is 4.43. The van der Waals surface area contributed by atoms with Crippen molar-refractivity contribution in [3.63, 3.8) is 0 Å². The first-order chi connectivity index (χ1) is 8.65. The fourth-order valence-corrected chi connectivity index (χ4v) is 2.32. The Bertz CT molecular complexity index is 601. The van der Waals surface area contributed by atoms with Crippen molar-refractivity contribution < 1.29 is 15.0 Å². The summed E-state index contributed by atoms with van der Waals surface area (Å²) in [5.74, 6) is -0.466. The number of imidazole rings is 1. The first-order valence-corrected chi connectivity index (χ1v) is 5.76. The summed E-state index contributed by atoms with van der Waals surface area (Å²) in [6, 6.07) is 6.66. The van der Waals surface area contributed by atoms with Crippen molar-refractivity contribution in [2.24, 2.45) is 0 Å². The summed E-state index contributed by atoms with van der Waals surface area (Å²) in [7, 11) is 0. The number of aliphatic carboxylic acids is 1. The van der Waals surface area contributed by atoms with Gasteiger partial charge in [0.25, 0.3) is 0 Å². The molecule has 2 aromatic rings. The smallest absolute Gasteiger partial charge is 0.312 e. The van der Waals surface area contributed by atoms with Crippen LogP contribution in [0.15, 0.2) is 24.3 Å². The van der Waals surface area contributed by atoms with Crippen LogP contribution in [-0.2, 0) is 11.2 Å². The Kier molecular flexibility index (Phi) is 2.33. The van der Waals surface area contributed by atoms with Crippen molar-refractivity contribution in [3.05, 3.63) is 35.7 Å². The van der Waals surface area contributed by atoms with E-state index in [1.165, 1.54) is 0 Å². The first kappa shape index (κ1) is 10.8. The van der Waals surface area contributed by atoms with Gasteiger partial charge in [-0.1, -0.05) is 0 Å². The SMILES string of the molecule is O=C(O)C1CCc2[nH]c(-c3ccc(O)cc3)nc21. The summed E-state index contributed by atoms with van der Waals surface area (Å²) in [5.41, 5.74) is 2.39. The number of H-pyrrole nitrogens is 1. The number of aryl methyl sites for hydroxylation is 1. The monoisotopic (exact) mass is 244 g/mol. The van der Waals surface area contributed by atoms with Crippen LogP contribution in [0.3, 0.4) is 0 Å². The van der Waals surface area contributed by atoms with Gasteiger partial charge in [0.1, 0.15) is 17.5 Å². The number of nitrogens with one attached hydrogen (secondary N) is 1. The zero-order valence-electron chi connectivity index (χ0n) is 9.55. The fraction of sp³-hybridized carbons (Fsp3) is 0.231. The van der Waals surface area contributed by atoms with E-state index in [2.05, 4.69) is 9.97 Å². The molecule has 92 valence electrons. The van der Waals surface area contributed by atoms with Crippen LogP contribution in [-0.4, -0.2) is 26.2 Å². The Balaban J connectivity index is 1.99. The molecule has 3 N–H and O–H groups in total. The Labute approximate surface area is 103 Å². The van der Waals surface area contributed by atoms with E-state index in [1.54, 1.807) is 24.3 Å². The first-order valence-electron chi connectivity index (χ1n) is 5.76. The van der Waals surface area contributed by atoms with Crippen molar-refractivity contribution in [1.82, 2.24) is 9.97 Å². The number of rotatable bonds is 2. The van der Waals surface area contributed by atoms with Gasteiger partial charge in [0.15, 0.2) is 0 Å². The minimum absolute atomic E-state index is 0.196. The number of carbonyl (C=O) groups is 1. The maximum Gasteiger partial charge on any atom is 0.312 e. The third-order valence-corrected chi connectivity index (χ3v) is 3.26. The van der Waals surface area contributed by atoms with E-state index >= 15 is 0 Å². The van der Waals surface area contributed by atoms with Gasteiger partial charge in [0.2, 0.25) is 0 Å². The van der Waals surface area contributed by atoms with E-state index in [1.807, 2.05) is 0 Å². The molecule has 5 heteroatoms. The Morgan fingerprint density at radius 3 is 2.72 bits per heavy atom. The molecule has 0 aliphatic heterocycles. The number of aromatic nitrogens is 2. The molecule has 0 spiro atoms. The van der Waals surface area contributed by atoms with Gasteiger partial charge >= 0.3 is 5.97 Å². The van der Waals surface area contributed by atoms with Crippen LogP contribution in [0, 0.1) is 0 Å². The topological polar surface area (TPSA) is 86.2 Å². The molecule has 1 aromatic carbocycles. The minimum Gasteiger partial charge on any atom is -0.508 e. The van der Waals surface area contributed by atoms with Gasteiger partial charge in [0.05, 0.1) is 5.69 Å². The molecule has 18 heavy (non-hydrogen) atoms. The lowest BCUT2D eigenvalue weighted by Crippen LogP contribution is -2.08. The van der Waals surface area contributed by atoms with Crippen LogP contribution < -0.4 is 0 Å². The second-order valence-corrected chi connectivity index (χ2v) is 4.43. The maximum atomic E-state index is 11.1. The number of aromatic hydroxyl groups is 1. The van der Waals surface area contributed by atoms with Crippen molar-refractivity contribution >= 4 is 5.97 Å². The average molecular weight is 244 g/mol. The average Bonchev–Trinajstić information content (AvgIpc) is 2.88. The number of fused-ring (bicyclic) bond motifs is 1. The number of phenolic OH excluding ortho intramolecular Hbond substituents is 1. The lowest BCUT2D eigenvalue weighted by Gasteiger charge is -2.01. The lowest BCUT2D eigenvalue weighted by molar-refractivity contribution is -0.138. The summed E-state index contributed by atoms with van der Waals surface area (Å²) < 4.78 is 0. The van der Waals surface area contributed by atoms with Crippen LogP contribution in [0.1, 0.15) is 23.7 Å². The number of benzene rings is 1. The van der Waals surface area contributed by atoms with Crippen LogP contribution in [0.2, 0.25) is 0 Å². The van der Waals surface area contributed by atoms with Crippen molar-refractivity contribution in [1.29, 1.82) is 0 Å². The summed E-state index contributed by atoms with van der Waals surface area (Å²) in [5, 5.41) is 18.3. The number of hydrogen-bond donors (Lipinski definition) is 3. The molecular weight excluding hydrogens is 232 g/mol. The van der Waals surface area contributed by atoms with E-state index in [4.69, 9.17) is 5.11 Å². The minimum atomic E-state index is -0.822. The Morgan fingerprint density at radius 1 is 1.33 bits per heavy atom. The highest BCUT2D eigenvalue weighted by Crippen LogP contribution is 2.33. The summed E-state index contributed by atoms with van der Waals surface area (Å²) in [4.78, 5) is 18.6. The molecule has 1 atom stereocenters. The molecule has 1 aromatic heterocycles. The predicted molar refractivity (Wildman–Crippen MR) is 64.4 cm³/mol. The van der Waals surface area contributed by atoms with E-state index in [9.17, 15) is 9.90 Å². The highest BCUT2D eigenvalue weighted by atomic mass is 16.4. The molecule has 0 fully saturated rings. The molecule has 1 aliphatic rings. The van der Waals surface area contributed by atoms with Gasteiger partial charge in [-0.3, -0.25) is 4.79 Å². The van der Waals surface area contributed by atoms with Gasteiger partial charge in [-0.05, 0) is 37.1 Å². The molecular formula is C13H12N2O3. The Hall–Kier alpha value is -2.30. The van der Waals surface area contributed by atoms with E-state index in [0.717, 1.165) is 17.7 Å². The molecule has 0 radical (unpaired) electrons. The van der Waals surface area contributed by atoms with Gasteiger partial charge in [-0.2, -0.15) is 0 Å². The third kappa shape index (κ3) is 1.64. The molecule has 0 saturated carbocycles. The quantitative estimate of drug-likeness (QED) is 0.753. The molecule has 1 aliphatic carbocycles. The maximum absolute atomic E-state index is 11.1. The largest absolute Gasteiger partial charge is 0.508 e. The molecule has 1 unspecified atom stereocenters. The zero-order valence-corrected chi connectivity index (χ0v) is 9.55. The van der Waals surface area contributed by atoms with Crippen molar-refractivity contribution in [3.8, 4) is 17.1 Å². The van der Waals surface area contributed by atoms with E-state index < -0.39 is 11.9 Å². The lowest BCUT2D eigenvalue weighted by atomic mass is 10.1. The Morgan fingerprint density at radius 2 is 2.06 bits per heavy atom. The number of carboxylic acid groups (broad SMARTS) is 1. The molecule has 0 amide bonds. The van der Waals surface area contributed by atoms with Gasteiger partial charge in [-0.15, -0.1) is 0 Å². The zero-order chi connectivity index (χ0) is 12.7. The number of hydrogen-bond acceptors (Lipinski definition) is 3. The highest BCUT2D eigenvalue weighted by molar-refractivity contribution is 5.77. The van der Waals surface area contributed by atoms with Gasteiger partial charge in [0, 0.05) is 11.3 Å². The number of carboxylic acids is 1. The summed E-state index contributed by atoms with van der Waals surface area (Å²) >= 11 is 0. The normalized spacial score (nSPS) is 17.7.